The summed E-state index contributed by atoms with van der Waals surface area (Å²) in [5.41, 5.74) is -2.13. The number of rotatable bonds is 3. The highest BCUT2D eigenvalue weighted by atomic mass is 35.5. The fraction of sp³-hybridized carbons (Fsp3) is 0.160. The Morgan fingerprint density at radius 2 is 1.79 bits per heavy atom. The maximum Gasteiger partial charge on any atom is 0.416 e. The molecule has 2 aliphatic rings. The SMILES string of the molecule is C[C@H]1Oc2cc(NC(=O)c3cc(F)cc(C(F)(F)F)c3)c3c(c2NC1=O)C(=O)N[C@H]3c1cc(F)ccc1Cl. The first kappa shape index (κ1) is 25.5. The summed E-state index contributed by atoms with van der Waals surface area (Å²) in [5, 5.41) is 7.64. The second-order valence-corrected chi connectivity index (χ2v) is 9.00. The molecule has 3 amide bonds. The van der Waals surface area contributed by atoms with Crippen LogP contribution in [0.1, 0.15) is 50.4 Å². The van der Waals surface area contributed by atoms with E-state index in [9.17, 15) is 36.3 Å². The second kappa shape index (κ2) is 8.98. The number of amides is 3. The number of carbonyl (C=O) groups excluding carboxylic acids is 3. The summed E-state index contributed by atoms with van der Waals surface area (Å²) < 4.78 is 73.2. The molecule has 38 heavy (non-hydrogen) atoms. The first-order chi connectivity index (χ1) is 17.8. The van der Waals surface area contributed by atoms with E-state index in [0.717, 1.165) is 12.1 Å². The van der Waals surface area contributed by atoms with Crippen molar-refractivity contribution in [3.63, 3.8) is 0 Å². The summed E-state index contributed by atoms with van der Waals surface area (Å²) in [6.45, 7) is 1.44. The zero-order valence-corrected chi connectivity index (χ0v) is 19.9. The Labute approximate surface area is 215 Å². The molecular formula is C25H15ClF5N3O4. The molecule has 0 aromatic heterocycles. The Kier molecular flexibility index (Phi) is 6.02. The lowest BCUT2D eigenvalue weighted by Crippen LogP contribution is -2.35. The van der Waals surface area contributed by atoms with Crippen molar-refractivity contribution in [3.8, 4) is 5.75 Å². The largest absolute Gasteiger partial charge is 0.479 e. The van der Waals surface area contributed by atoms with Gasteiger partial charge in [0.2, 0.25) is 0 Å². The molecule has 0 spiro atoms. The van der Waals surface area contributed by atoms with Crippen LogP contribution in [-0.2, 0) is 11.0 Å². The normalized spacial score (nSPS) is 18.2. The lowest BCUT2D eigenvalue weighted by Gasteiger charge is -2.26. The first-order valence-electron chi connectivity index (χ1n) is 11.0. The van der Waals surface area contributed by atoms with Crippen molar-refractivity contribution >= 4 is 40.7 Å². The summed E-state index contributed by atoms with van der Waals surface area (Å²) >= 11 is 6.26. The number of carbonyl (C=O) groups is 3. The third-order valence-corrected chi connectivity index (χ3v) is 6.39. The zero-order chi connectivity index (χ0) is 27.5. The van der Waals surface area contributed by atoms with Gasteiger partial charge in [0, 0.05) is 27.8 Å². The van der Waals surface area contributed by atoms with Gasteiger partial charge in [-0.05, 0) is 43.3 Å². The lowest BCUT2D eigenvalue weighted by molar-refractivity contribution is -0.137. The summed E-state index contributed by atoms with van der Waals surface area (Å²) in [5.74, 6) is -4.39. The Bertz CT molecular complexity index is 1540. The molecule has 3 N–H and O–H groups in total. The molecule has 0 saturated heterocycles. The highest BCUT2D eigenvalue weighted by Crippen LogP contribution is 2.47. The topological polar surface area (TPSA) is 96.5 Å². The molecule has 3 aromatic rings. The average molecular weight is 552 g/mol. The second-order valence-electron chi connectivity index (χ2n) is 8.59. The van der Waals surface area contributed by atoms with Gasteiger partial charge in [-0.3, -0.25) is 14.4 Å². The van der Waals surface area contributed by atoms with Gasteiger partial charge in [0.05, 0.1) is 28.5 Å². The standard InChI is InChI=1S/C25H15ClF5N3O4/c1-9-22(35)34-21-17(38-9)8-16(32-23(36)10-4-11(25(29,30)31)6-13(28)5-10)18-19(21)24(37)33-20(18)14-7-12(27)2-3-15(14)26/h2-9,20H,1H3,(H,32,36)(H,33,37)(H,34,35)/t9-,20+/m1/s1. The van der Waals surface area contributed by atoms with Crippen LogP contribution in [0.3, 0.4) is 0 Å². The van der Waals surface area contributed by atoms with Gasteiger partial charge >= 0.3 is 6.18 Å². The van der Waals surface area contributed by atoms with Crippen molar-refractivity contribution in [2.45, 2.75) is 25.2 Å². The number of nitrogens with one attached hydrogen (secondary N) is 3. The van der Waals surface area contributed by atoms with Crippen LogP contribution >= 0.6 is 11.6 Å². The number of anilines is 2. The number of ether oxygens (including phenoxy) is 1. The third kappa shape index (κ3) is 4.40. The molecule has 2 heterocycles. The highest BCUT2D eigenvalue weighted by molar-refractivity contribution is 6.31. The minimum atomic E-state index is -4.91. The monoisotopic (exact) mass is 551 g/mol. The van der Waals surface area contributed by atoms with E-state index in [4.69, 9.17) is 16.3 Å². The van der Waals surface area contributed by atoms with Crippen LogP contribution in [0.15, 0.2) is 42.5 Å². The summed E-state index contributed by atoms with van der Waals surface area (Å²) in [6.07, 6.45) is -5.89. The predicted octanol–water partition coefficient (Wildman–Crippen LogP) is 5.44. The summed E-state index contributed by atoms with van der Waals surface area (Å²) in [4.78, 5) is 38.4. The van der Waals surface area contributed by atoms with Crippen molar-refractivity contribution in [1.82, 2.24) is 5.32 Å². The minimum Gasteiger partial charge on any atom is -0.479 e. The van der Waals surface area contributed by atoms with Gasteiger partial charge in [-0.2, -0.15) is 13.2 Å². The summed E-state index contributed by atoms with van der Waals surface area (Å²) in [6, 6.07) is 4.87. The summed E-state index contributed by atoms with van der Waals surface area (Å²) in [7, 11) is 0. The maximum absolute atomic E-state index is 14.1. The number of hydrogen-bond acceptors (Lipinski definition) is 4. The van der Waals surface area contributed by atoms with Gasteiger partial charge in [-0.15, -0.1) is 0 Å². The van der Waals surface area contributed by atoms with Crippen LogP contribution in [0.25, 0.3) is 0 Å². The number of alkyl halides is 3. The molecule has 0 unspecified atom stereocenters. The van der Waals surface area contributed by atoms with E-state index in [1.165, 1.54) is 19.1 Å². The molecule has 3 aromatic carbocycles. The molecule has 2 atom stereocenters. The Morgan fingerprint density at radius 3 is 2.50 bits per heavy atom. The quantitative estimate of drug-likeness (QED) is 0.378. The Hall–Kier alpha value is -4.19. The molecule has 196 valence electrons. The van der Waals surface area contributed by atoms with E-state index >= 15 is 0 Å². The van der Waals surface area contributed by atoms with E-state index < -0.39 is 58.8 Å². The van der Waals surface area contributed by atoms with Gasteiger partial charge in [0.15, 0.2) is 6.10 Å². The van der Waals surface area contributed by atoms with Gasteiger partial charge in [-0.25, -0.2) is 8.78 Å². The van der Waals surface area contributed by atoms with Crippen LogP contribution in [0.4, 0.5) is 33.3 Å². The van der Waals surface area contributed by atoms with Crippen LogP contribution in [0, 0.1) is 11.6 Å². The maximum atomic E-state index is 14.1. The van der Waals surface area contributed by atoms with Crippen molar-refractivity contribution in [2.24, 2.45) is 0 Å². The van der Waals surface area contributed by atoms with E-state index in [1.807, 2.05) is 0 Å². The van der Waals surface area contributed by atoms with E-state index in [0.29, 0.717) is 12.1 Å². The van der Waals surface area contributed by atoms with Crippen LogP contribution in [0.5, 0.6) is 5.75 Å². The van der Waals surface area contributed by atoms with Gasteiger partial charge in [0.1, 0.15) is 17.4 Å². The van der Waals surface area contributed by atoms with E-state index in [1.54, 1.807) is 0 Å². The van der Waals surface area contributed by atoms with Gasteiger partial charge in [-0.1, -0.05) is 11.6 Å². The molecule has 0 saturated carbocycles. The van der Waals surface area contributed by atoms with E-state index in [2.05, 4.69) is 16.0 Å². The minimum absolute atomic E-state index is 0.0116. The molecular weight excluding hydrogens is 537 g/mol. The molecule has 0 aliphatic carbocycles. The fourth-order valence-electron chi connectivity index (χ4n) is 4.32. The number of halogens is 6. The predicted molar refractivity (Wildman–Crippen MR) is 125 cm³/mol. The van der Waals surface area contributed by atoms with Crippen LogP contribution in [0.2, 0.25) is 5.02 Å². The van der Waals surface area contributed by atoms with Crippen molar-refractivity contribution in [1.29, 1.82) is 0 Å². The van der Waals surface area contributed by atoms with Crippen LogP contribution in [-0.4, -0.2) is 23.8 Å². The van der Waals surface area contributed by atoms with Crippen molar-refractivity contribution < 1.29 is 41.1 Å². The Balaban J connectivity index is 1.67. The number of fused-ring (bicyclic) bond motifs is 3. The van der Waals surface area contributed by atoms with Gasteiger partial charge < -0.3 is 20.7 Å². The molecule has 5 rings (SSSR count). The molecule has 13 heteroatoms. The van der Waals surface area contributed by atoms with Crippen LogP contribution < -0.4 is 20.7 Å². The highest BCUT2D eigenvalue weighted by Gasteiger charge is 2.40. The third-order valence-electron chi connectivity index (χ3n) is 6.05. The van der Waals surface area contributed by atoms with Crippen molar-refractivity contribution in [2.75, 3.05) is 10.6 Å². The van der Waals surface area contributed by atoms with Gasteiger partial charge in [0.25, 0.3) is 17.7 Å². The molecule has 7 nitrogen and oxygen atoms in total. The Morgan fingerprint density at radius 1 is 1.05 bits per heavy atom. The van der Waals surface area contributed by atoms with E-state index in [-0.39, 0.29) is 44.9 Å². The van der Waals surface area contributed by atoms with Crippen molar-refractivity contribution in [3.05, 3.63) is 86.9 Å². The smallest absolute Gasteiger partial charge is 0.416 e. The molecule has 0 bridgehead atoms. The average Bonchev–Trinajstić information content (AvgIpc) is 3.18. The zero-order valence-electron chi connectivity index (χ0n) is 19.1. The lowest BCUT2D eigenvalue weighted by atomic mass is 9.94. The molecule has 0 fully saturated rings. The molecule has 0 radical (unpaired) electrons. The first-order valence-corrected chi connectivity index (χ1v) is 11.3. The number of benzene rings is 3. The fourth-order valence-corrected chi connectivity index (χ4v) is 4.55. The molecule has 2 aliphatic heterocycles. The number of hydrogen-bond donors (Lipinski definition) is 3.